The van der Waals surface area contributed by atoms with Crippen molar-refractivity contribution in [3.05, 3.63) is 53.6 Å². The van der Waals surface area contributed by atoms with E-state index in [9.17, 15) is 47.9 Å². The number of pyridine rings is 2. The van der Waals surface area contributed by atoms with Gasteiger partial charge in [0.2, 0.25) is 5.69 Å². The molecule has 0 radical (unpaired) electrons. The molecule has 0 spiro atoms. The molecule has 18 heteroatoms. The first-order chi connectivity index (χ1) is 17.8. The van der Waals surface area contributed by atoms with E-state index >= 15 is 0 Å². The summed E-state index contributed by atoms with van der Waals surface area (Å²) in [5, 5.41) is 3.36. The molecule has 0 aromatic carbocycles. The van der Waals surface area contributed by atoms with Crippen LogP contribution in [0.2, 0.25) is 0 Å². The van der Waals surface area contributed by atoms with Crippen LogP contribution in [0.4, 0.5) is 39.5 Å². The molecule has 208 valence electrons. The Morgan fingerprint density at radius 3 is 2.10 bits per heavy atom. The smallest absolute Gasteiger partial charge is 0.323 e. The fourth-order valence-electron chi connectivity index (χ4n) is 3.53. The zero-order valence-electron chi connectivity index (χ0n) is 19.5. The predicted octanol–water partition coefficient (Wildman–Crippen LogP) is 4.55. The summed E-state index contributed by atoms with van der Waals surface area (Å²) in [6, 6.07) is 1.23. The Morgan fingerprint density at radius 1 is 0.923 bits per heavy atom. The molecule has 8 nitrogen and oxygen atoms in total. The minimum atomic E-state index is -5.24. The number of imidazole rings is 1. The molecule has 0 unspecified atom stereocenters. The van der Waals surface area contributed by atoms with Crippen molar-refractivity contribution in [3.8, 4) is 17.3 Å². The highest BCUT2D eigenvalue weighted by molar-refractivity contribution is 7.91. The highest BCUT2D eigenvalue weighted by atomic mass is 32.2. The van der Waals surface area contributed by atoms with E-state index in [0.717, 1.165) is 17.7 Å². The fraction of sp³-hybridized carbons (Fsp3) is 0.286. The second kappa shape index (κ2) is 9.13. The lowest BCUT2D eigenvalue weighted by Crippen LogP contribution is -2.39. The molecular formula is C21H14F9N6O2S+. The topological polar surface area (TPSA) is 94.5 Å². The third kappa shape index (κ3) is 5.24. The van der Waals surface area contributed by atoms with Gasteiger partial charge in [-0.05, 0) is 23.2 Å². The van der Waals surface area contributed by atoms with Gasteiger partial charge < -0.3 is 4.57 Å². The summed E-state index contributed by atoms with van der Waals surface area (Å²) in [6.07, 6.45) is -13.4. The molecule has 0 saturated heterocycles. The van der Waals surface area contributed by atoms with E-state index in [-0.39, 0.29) is 23.3 Å². The van der Waals surface area contributed by atoms with Crippen molar-refractivity contribution >= 4 is 20.9 Å². The molecule has 0 atom stereocenters. The van der Waals surface area contributed by atoms with Crippen molar-refractivity contribution < 1.29 is 52.6 Å². The van der Waals surface area contributed by atoms with Crippen LogP contribution in [0.3, 0.4) is 0 Å². The van der Waals surface area contributed by atoms with Crippen LogP contribution in [0.25, 0.3) is 28.4 Å². The average molecular weight is 585 g/mol. The van der Waals surface area contributed by atoms with Gasteiger partial charge >= 0.3 is 24.3 Å². The molecule has 0 aliphatic carbocycles. The number of nitrogens with zero attached hydrogens (tertiary/aromatic N) is 6. The summed E-state index contributed by atoms with van der Waals surface area (Å²) in [7, 11) is -3.22. The van der Waals surface area contributed by atoms with Crippen molar-refractivity contribution in [1.29, 1.82) is 0 Å². The monoisotopic (exact) mass is 585 g/mol. The second-order valence-electron chi connectivity index (χ2n) is 8.02. The van der Waals surface area contributed by atoms with E-state index in [1.54, 1.807) is 0 Å². The van der Waals surface area contributed by atoms with Gasteiger partial charge in [-0.25, -0.2) is 18.4 Å². The normalized spacial score (nSPS) is 13.3. The Labute approximate surface area is 212 Å². The Morgan fingerprint density at radius 2 is 1.59 bits per heavy atom. The van der Waals surface area contributed by atoms with E-state index in [0.29, 0.717) is 23.0 Å². The summed E-state index contributed by atoms with van der Waals surface area (Å²) in [5.74, 6) is -2.23. The maximum atomic E-state index is 14.0. The first-order valence-corrected chi connectivity index (χ1v) is 12.2. The molecule has 39 heavy (non-hydrogen) atoms. The van der Waals surface area contributed by atoms with Gasteiger partial charge in [0.1, 0.15) is 16.8 Å². The number of sulfone groups is 1. The van der Waals surface area contributed by atoms with E-state index in [1.165, 1.54) is 7.05 Å². The van der Waals surface area contributed by atoms with Gasteiger partial charge in [-0.15, -0.1) is 4.68 Å². The maximum absolute atomic E-state index is 14.0. The third-order valence-corrected chi connectivity index (χ3v) is 7.26. The zero-order chi connectivity index (χ0) is 29.1. The number of hydrogen-bond acceptors (Lipinski definition) is 6. The summed E-state index contributed by atoms with van der Waals surface area (Å²) in [6.45, 7) is 1.14. The van der Waals surface area contributed by atoms with Gasteiger partial charge in [0, 0.05) is 7.05 Å². The van der Waals surface area contributed by atoms with Gasteiger partial charge in [-0.2, -0.15) is 39.5 Å². The molecular weight excluding hydrogens is 571 g/mol. The molecule has 4 heterocycles. The third-order valence-electron chi connectivity index (χ3n) is 5.52. The Bertz CT molecular complexity index is 1680. The quantitative estimate of drug-likeness (QED) is 0.258. The molecule has 0 N–H and O–H groups in total. The van der Waals surface area contributed by atoms with Crippen molar-refractivity contribution in [2.75, 3.05) is 5.75 Å². The van der Waals surface area contributed by atoms with Crippen LogP contribution >= 0.6 is 0 Å². The minimum Gasteiger partial charge on any atom is -0.323 e. The fourth-order valence-corrected chi connectivity index (χ4v) is 4.57. The second-order valence-corrected chi connectivity index (χ2v) is 10.3. The Balaban J connectivity index is 2.07. The average Bonchev–Trinajstić information content (AvgIpc) is 3.17. The first-order valence-electron chi connectivity index (χ1n) is 10.5. The standard InChI is InChI=1S/C21H14F9N6O2S/c1-3-39(37,38)14-6-11(20(25,26)27)17(36-5-4-10(8-32-36)19(22,23)24)34-16(14)18-33-12-7-15(21(28,29)30)31-9-13(12)35(18)2/h4-9H,3H2,1-2H3/q+1. The lowest BCUT2D eigenvalue weighted by Gasteiger charge is -2.12. The highest BCUT2D eigenvalue weighted by Gasteiger charge is 2.44. The van der Waals surface area contributed by atoms with E-state index in [4.69, 9.17) is 0 Å². The number of halogens is 9. The van der Waals surface area contributed by atoms with Crippen molar-refractivity contribution in [1.82, 2.24) is 24.6 Å². The highest BCUT2D eigenvalue weighted by Crippen LogP contribution is 2.38. The van der Waals surface area contributed by atoms with Gasteiger partial charge in [0.25, 0.3) is 0 Å². The van der Waals surface area contributed by atoms with Crippen molar-refractivity contribution in [2.24, 2.45) is 7.05 Å². The molecule has 0 aliphatic heterocycles. The van der Waals surface area contributed by atoms with Crippen LogP contribution in [0.1, 0.15) is 23.7 Å². The van der Waals surface area contributed by atoms with E-state index in [2.05, 4.69) is 20.1 Å². The number of aryl methyl sites for hydroxylation is 1. The zero-order valence-corrected chi connectivity index (χ0v) is 20.3. The Kier molecular flexibility index (Phi) is 6.60. The van der Waals surface area contributed by atoms with Gasteiger partial charge in [-0.3, -0.25) is 0 Å². The van der Waals surface area contributed by atoms with Crippen LogP contribution < -0.4 is 4.68 Å². The minimum absolute atomic E-state index is 0.0404. The molecule has 0 bridgehead atoms. The molecule has 4 aromatic heterocycles. The first kappa shape index (κ1) is 28.2. The summed E-state index contributed by atoms with van der Waals surface area (Å²) in [5.41, 5.74) is -5.30. The van der Waals surface area contributed by atoms with Crippen molar-refractivity contribution in [2.45, 2.75) is 30.3 Å². The summed E-state index contributed by atoms with van der Waals surface area (Å²) in [4.78, 5) is 10.1. The number of aromatic nitrogens is 6. The van der Waals surface area contributed by atoms with E-state index in [1.807, 2.05) is 0 Å². The lowest BCUT2D eigenvalue weighted by atomic mass is 10.2. The molecule has 0 fully saturated rings. The molecule has 4 aromatic rings. The number of alkyl halides is 9. The largest absolute Gasteiger partial charge is 0.433 e. The summed E-state index contributed by atoms with van der Waals surface area (Å²) < 4.78 is 147. The summed E-state index contributed by atoms with van der Waals surface area (Å²) >= 11 is 0. The van der Waals surface area contributed by atoms with E-state index < -0.39 is 73.2 Å². The number of rotatable bonds is 4. The van der Waals surface area contributed by atoms with Gasteiger partial charge in [-0.1, -0.05) is 12.0 Å². The Hall–Kier alpha value is -3.83. The predicted molar refractivity (Wildman–Crippen MR) is 114 cm³/mol. The van der Waals surface area contributed by atoms with Gasteiger partial charge in [0.05, 0.1) is 34.7 Å². The number of fused-ring (bicyclic) bond motifs is 1. The molecule has 0 amide bonds. The van der Waals surface area contributed by atoms with Crippen LogP contribution in [-0.4, -0.2) is 38.8 Å². The molecule has 4 rings (SSSR count). The number of hydrogen-bond donors (Lipinski definition) is 0. The van der Waals surface area contributed by atoms with Crippen LogP contribution in [0.5, 0.6) is 0 Å². The van der Waals surface area contributed by atoms with Crippen LogP contribution in [0, 0.1) is 0 Å². The van der Waals surface area contributed by atoms with Crippen LogP contribution in [-0.2, 0) is 35.4 Å². The molecule has 0 aliphatic rings. The lowest BCUT2D eigenvalue weighted by molar-refractivity contribution is -0.664. The van der Waals surface area contributed by atoms with Crippen molar-refractivity contribution in [3.63, 3.8) is 0 Å². The SMILES string of the molecule is CCS(=O)(=O)c1cc(C(F)(F)F)c(-[n+]2ccc(C(F)(F)F)cn2)nc1-c1nc2cc(C(F)(F)F)ncc2n1C. The van der Waals surface area contributed by atoms with Crippen LogP contribution in [0.15, 0.2) is 41.7 Å². The molecule has 0 saturated carbocycles. The maximum Gasteiger partial charge on any atom is 0.433 e. The van der Waals surface area contributed by atoms with Gasteiger partial charge in [0.15, 0.2) is 21.2 Å².